The van der Waals surface area contributed by atoms with Gasteiger partial charge in [-0.05, 0) is 35.7 Å². The number of nitrogens with zero attached hydrogens (tertiary/aromatic N) is 1. The van der Waals surface area contributed by atoms with Crippen molar-refractivity contribution in [3.05, 3.63) is 89.0 Å². The second kappa shape index (κ2) is 10.1. The number of hydrogen-bond donors (Lipinski definition) is 2. The predicted molar refractivity (Wildman–Crippen MR) is 143 cm³/mol. The van der Waals surface area contributed by atoms with Crippen molar-refractivity contribution in [2.45, 2.75) is 18.5 Å². The first-order valence-corrected chi connectivity index (χ1v) is 12.6. The Kier molecular flexibility index (Phi) is 6.80. The van der Waals surface area contributed by atoms with E-state index in [0.717, 1.165) is 4.90 Å². The lowest BCUT2D eigenvalue weighted by Gasteiger charge is -2.32. The number of carbonyl (C=O) groups excluding carboxylic acids is 3. The average molecular weight is 545 g/mol. The summed E-state index contributed by atoms with van der Waals surface area (Å²) in [5, 5.41) is 13.9. The smallest absolute Gasteiger partial charge is 0.341 e. The minimum atomic E-state index is -2.00. The first kappa shape index (κ1) is 26.9. The minimum Gasteiger partial charge on any atom is -0.497 e. The molecule has 2 fully saturated rings. The van der Waals surface area contributed by atoms with Crippen LogP contribution in [-0.4, -0.2) is 50.2 Å². The Hall–Kier alpha value is -4.70. The van der Waals surface area contributed by atoms with Gasteiger partial charge in [0, 0.05) is 12.1 Å². The first-order chi connectivity index (χ1) is 19.2. The number of aryl methyl sites for hydroxylation is 1. The molecule has 2 N–H and O–H groups in total. The lowest BCUT2D eigenvalue weighted by Crippen LogP contribution is -2.53. The van der Waals surface area contributed by atoms with E-state index in [1.807, 2.05) is 0 Å². The summed E-state index contributed by atoms with van der Waals surface area (Å²) in [6, 6.07) is 17.1. The molecule has 0 aromatic heterocycles. The summed E-state index contributed by atoms with van der Waals surface area (Å²) in [5.74, 6) is -5.45. The molecular weight excluding hydrogens is 516 g/mol. The van der Waals surface area contributed by atoms with Gasteiger partial charge in [-0.1, -0.05) is 48.5 Å². The van der Waals surface area contributed by atoms with E-state index in [2.05, 4.69) is 5.32 Å². The molecule has 4 atom stereocenters. The molecule has 0 saturated carbocycles. The van der Waals surface area contributed by atoms with E-state index in [-0.39, 0.29) is 16.9 Å². The zero-order chi connectivity index (χ0) is 28.8. The van der Waals surface area contributed by atoms with E-state index in [0.29, 0.717) is 22.6 Å². The SMILES string of the molecule is COC(=O)c1c(OC)cc(OC)cc1C1NC(C(=O)O)(c2ccccc2)C2C(=O)N(c3ccccc3C)C(=O)C12. The highest BCUT2D eigenvalue weighted by molar-refractivity contribution is 6.24. The van der Waals surface area contributed by atoms with Crippen molar-refractivity contribution in [1.29, 1.82) is 0 Å². The van der Waals surface area contributed by atoms with Gasteiger partial charge in [-0.25, -0.2) is 14.5 Å². The number of anilines is 1. The summed E-state index contributed by atoms with van der Waals surface area (Å²) in [7, 11) is 4.00. The number of carbonyl (C=O) groups is 4. The average Bonchev–Trinajstić information content (AvgIpc) is 3.46. The van der Waals surface area contributed by atoms with Crippen LogP contribution >= 0.6 is 0 Å². The normalized spacial score (nSPS) is 23.6. The number of fused-ring (bicyclic) bond motifs is 1. The van der Waals surface area contributed by atoms with Gasteiger partial charge in [-0.2, -0.15) is 0 Å². The van der Waals surface area contributed by atoms with Crippen LogP contribution in [0.5, 0.6) is 11.5 Å². The maximum Gasteiger partial charge on any atom is 0.341 e. The fourth-order valence-electron chi connectivity index (χ4n) is 5.97. The van der Waals surface area contributed by atoms with Crippen LogP contribution < -0.4 is 19.7 Å². The molecule has 206 valence electrons. The van der Waals surface area contributed by atoms with Gasteiger partial charge >= 0.3 is 11.9 Å². The monoisotopic (exact) mass is 544 g/mol. The van der Waals surface area contributed by atoms with E-state index in [1.54, 1.807) is 61.5 Å². The number of carboxylic acid groups (broad SMARTS) is 1. The topological polar surface area (TPSA) is 131 Å². The van der Waals surface area contributed by atoms with E-state index < -0.39 is 47.2 Å². The molecule has 0 radical (unpaired) electrons. The van der Waals surface area contributed by atoms with Crippen molar-refractivity contribution in [3.8, 4) is 11.5 Å². The van der Waals surface area contributed by atoms with Gasteiger partial charge in [-0.15, -0.1) is 0 Å². The van der Waals surface area contributed by atoms with Crippen molar-refractivity contribution in [2.75, 3.05) is 26.2 Å². The van der Waals surface area contributed by atoms with Crippen molar-refractivity contribution in [1.82, 2.24) is 5.32 Å². The Morgan fingerprint density at radius 1 is 0.925 bits per heavy atom. The minimum absolute atomic E-state index is 0.00843. The third kappa shape index (κ3) is 3.83. The Balaban J connectivity index is 1.81. The van der Waals surface area contributed by atoms with Gasteiger partial charge in [0.1, 0.15) is 17.1 Å². The summed E-state index contributed by atoms with van der Waals surface area (Å²) in [6.07, 6.45) is 0. The number of benzene rings is 3. The number of para-hydroxylation sites is 1. The van der Waals surface area contributed by atoms with Gasteiger partial charge in [0.25, 0.3) is 0 Å². The standard InChI is InChI=1S/C30H28N2O8/c1-16-10-8-9-13-20(16)32-26(33)23-24(27(32)34)30(29(36)37,17-11-6-5-7-12-17)31-25(23)19-14-18(38-2)15-21(39-3)22(19)28(35)40-4/h5-15,23-25,31H,1-4H3,(H,36,37). The Morgan fingerprint density at radius 2 is 1.60 bits per heavy atom. The molecule has 2 aliphatic heterocycles. The van der Waals surface area contributed by atoms with E-state index in [1.165, 1.54) is 33.5 Å². The molecule has 2 amide bonds. The molecule has 4 unspecified atom stereocenters. The van der Waals surface area contributed by atoms with Gasteiger partial charge in [0.05, 0.1) is 38.9 Å². The van der Waals surface area contributed by atoms with Gasteiger partial charge in [0.15, 0.2) is 5.54 Å². The van der Waals surface area contributed by atoms with Gasteiger partial charge in [0.2, 0.25) is 11.8 Å². The van der Waals surface area contributed by atoms with Crippen LogP contribution in [0, 0.1) is 18.8 Å². The van der Waals surface area contributed by atoms with E-state index in [4.69, 9.17) is 14.2 Å². The summed E-state index contributed by atoms with van der Waals surface area (Å²) in [5.41, 5.74) is -0.454. The number of nitrogens with one attached hydrogen (secondary N) is 1. The highest BCUT2D eigenvalue weighted by Gasteiger charge is 2.70. The molecule has 0 aliphatic carbocycles. The van der Waals surface area contributed by atoms with Crippen LogP contribution in [0.4, 0.5) is 5.69 Å². The van der Waals surface area contributed by atoms with Crippen molar-refractivity contribution < 1.29 is 38.5 Å². The zero-order valence-electron chi connectivity index (χ0n) is 22.3. The van der Waals surface area contributed by atoms with Gasteiger partial charge in [-0.3, -0.25) is 14.9 Å². The quantitative estimate of drug-likeness (QED) is 0.340. The third-order valence-electron chi connectivity index (χ3n) is 7.77. The van der Waals surface area contributed by atoms with Crippen LogP contribution in [0.25, 0.3) is 0 Å². The number of rotatable bonds is 7. The zero-order valence-corrected chi connectivity index (χ0v) is 22.3. The highest BCUT2D eigenvalue weighted by atomic mass is 16.5. The summed E-state index contributed by atoms with van der Waals surface area (Å²) >= 11 is 0. The van der Waals surface area contributed by atoms with Crippen LogP contribution in [0.3, 0.4) is 0 Å². The number of imide groups is 1. The molecule has 3 aromatic rings. The largest absolute Gasteiger partial charge is 0.497 e. The van der Waals surface area contributed by atoms with E-state index in [9.17, 15) is 24.3 Å². The van der Waals surface area contributed by atoms with Crippen molar-refractivity contribution in [3.63, 3.8) is 0 Å². The first-order valence-electron chi connectivity index (χ1n) is 12.6. The molecule has 10 nitrogen and oxygen atoms in total. The molecule has 2 heterocycles. The van der Waals surface area contributed by atoms with Crippen LogP contribution in [-0.2, 0) is 24.7 Å². The molecular formula is C30H28N2O8. The summed E-state index contributed by atoms with van der Waals surface area (Å²) in [4.78, 5) is 55.8. The van der Waals surface area contributed by atoms with Crippen LogP contribution in [0.1, 0.15) is 33.1 Å². The lowest BCUT2D eigenvalue weighted by atomic mass is 9.75. The fourth-order valence-corrected chi connectivity index (χ4v) is 5.97. The number of amides is 2. The number of ether oxygens (including phenoxy) is 3. The number of aliphatic carboxylic acids is 1. The second-order valence-corrected chi connectivity index (χ2v) is 9.69. The number of hydrogen-bond acceptors (Lipinski definition) is 8. The third-order valence-corrected chi connectivity index (χ3v) is 7.77. The maximum atomic E-state index is 14.2. The Labute approximate surface area is 230 Å². The van der Waals surface area contributed by atoms with Crippen molar-refractivity contribution in [2.24, 2.45) is 11.8 Å². The fraction of sp³-hybridized carbons (Fsp3) is 0.267. The molecule has 40 heavy (non-hydrogen) atoms. The molecule has 10 heteroatoms. The Bertz CT molecular complexity index is 1520. The number of esters is 1. The summed E-state index contributed by atoms with van der Waals surface area (Å²) in [6.45, 7) is 1.77. The van der Waals surface area contributed by atoms with Crippen LogP contribution in [0.15, 0.2) is 66.7 Å². The Morgan fingerprint density at radius 3 is 2.20 bits per heavy atom. The summed E-state index contributed by atoms with van der Waals surface area (Å²) < 4.78 is 15.9. The second-order valence-electron chi connectivity index (χ2n) is 9.69. The molecule has 5 rings (SSSR count). The predicted octanol–water partition coefficient (Wildman–Crippen LogP) is 3.23. The molecule has 0 spiro atoms. The molecule has 0 bridgehead atoms. The molecule has 3 aromatic carbocycles. The van der Waals surface area contributed by atoms with Gasteiger partial charge < -0.3 is 19.3 Å². The molecule has 2 aliphatic rings. The molecule has 2 saturated heterocycles. The highest BCUT2D eigenvalue weighted by Crippen LogP contribution is 2.55. The van der Waals surface area contributed by atoms with Crippen molar-refractivity contribution >= 4 is 29.4 Å². The van der Waals surface area contributed by atoms with E-state index >= 15 is 0 Å². The maximum absolute atomic E-state index is 14.2. The van der Waals surface area contributed by atoms with Crippen LogP contribution in [0.2, 0.25) is 0 Å². The lowest BCUT2D eigenvalue weighted by molar-refractivity contribution is -0.149. The number of methoxy groups -OCH3 is 3. The number of carboxylic acids is 1.